The summed E-state index contributed by atoms with van der Waals surface area (Å²) in [6, 6.07) is 10.7. The molecule has 0 aliphatic rings. The van der Waals surface area contributed by atoms with E-state index < -0.39 is 29.7 Å². The Morgan fingerprint density at radius 2 is 1.90 bits per heavy atom. The zero-order chi connectivity index (χ0) is 21.7. The number of rotatable bonds is 6. The Kier molecular flexibility index (Phi) is 6.14. The average Bonchev–Trinajstić information content (AvgIpc) is 3.21. The van der Waals surface area contributed by atoms with Crippen LogP contribution in [0.3, 0.4) is 0 Å². The van der Waals surface area contributed by atoms with Gasteiger partial charge in [-0.25, -0.2) is 14.5 Å². The number of carbonyl (C=O) groups is 2. The van der Waals surface area contributed by atoms with E-state index in [-0.39, 0.29) is 11.3 Å². The molecule has 0 aliphatic heterocycles. The maximum Gasteiger partial charge on any atom is 0.416 e. The first-order chi connectivity index (χ1) is 14.2. The van der Waals surface area contributed by atoms with Crippen molar-refractivity contribution in [3.05, 3.63) is 77.9 Å². The number of carbonyl (C=O) groups excluding carboxylic acids is 2. The zero-order valence-electron chi connectivity index (χ0n) is 15.8. The molecule has 0 bridgehead atoms. The molecule has 1 heterocycles. The minimum Gasteiger partial charge on any atom is -0.449 e. The Hall–Kier alpha value is -3.69. The van der Waals surface area contributed by atoms with Crippen molar-refractivity contribution in [3.63, 3.8) is 0 Å². The van der Waals surface area contributed by atoms with Gasteiger partial charge in [-0.3, -0.25) is 4.79 Å². The van der Waals surface area contributed by atoms with Crippen LogP contribution in [-0.4, -0.2) is 32.7 Å². The van der Waals surface area contributed by atoms with Crippen molar-refractivity contribution < 1.29 is 27.5 Å². The summed E-state index contributed by atoms with van der Waals surface area (Å²) in [5.74, 6) is -1.47. The van der Waals surface area contributed by atoms with E-state index in [4.69, 9.17) is 4.74 Å². The first-order valence-electron chi connectivity index (χ1n) is 8.83. The standard InChI is InChI=1S/C20H17F3N4O3/c1-13(18(28)26-17-4-2-3-16(9-17)20(21,22)23)30-19(29)15-7-5-14(6-8-15)10-27-12-24-11-25-27/h2-9,11-13H,10H2,1H3,(H,26,28). The molecule has 2 aromatic carbocycles. The van der Waals surface area contributed by atoms with Gasteiger partial charge in [-0.1, -0.05) is 18.2 Å². The summed E-state index contributed by atoms with van der Waals surface area (Å²) in [4.78, 5) is 28.3. The van der Waals surface area contributed by atoms with Gasteiger partial charge >= 0.3 is 12.1 Å². The summed E-state index contributed by atoms with van der Waals surface area (Å²) in [7, 11) is 0. The van der Waals surface area contributed by atoms with Crippen LogP contribution in [0.4, 0.5) is 18.9 Å². The maximum absolute atomic E-state index is 12.8. The molecular formula is C20H17F3N4O3. The van der Waals surface area contributed by atoms with E-state index in [9.17, 15) is 22.8 Å². The number of ether oxygens (including phenoxy) is 1. The van der Waals surface area contributed by atoms with Gasteiger partial charge in [0.25, 0.3) is 5.91 Å². The Morgan fingerprint density at radius 1 is 1.17 bits per heavy atom. The molecule has 1 N–H and O–H groups in total. The molecule has 0 saturated carbocycles. The van der Waals surface area contributed by atoms with Gasteiger partial charge in [-0.2, -0.15) is 18.3 Å². The number of hydrogen-bond donors (Lipinski definition) is 1. The van der Waals surface area contributed by atoms with Gasteiger partial charge in [0.05, 0.1) is 17.7 Å². The monoisotopic (exact) mass is 418 g/mol. The van der Waals surface area contributed by atoms with Crippen LogP contribution < -0.4 is 5.32 Å². The summed E-state index contributed by atoms with van der Waals surface area (Å²) in [6.45, 7) is 1.81. The number of amides is 1. The maximum atomic E-state index is 12.8. The number of nitrogens with one attached hydrogen (secondary N) is 1. The molecule has 3 aromatic rings. The van der Waals surface area contributed by atoms with Crippen LogP contribution in [0.1, 0.15) is 28.4 Å². The fraction of sp³-hybridized carbons (Fsp3) is 0.200. The highest BCUT2D eigenvalue weighted by atomic mass is 19.4. The highest BCUT2D eigenvalue weighted by molar-refractivity contribution is 5.97. The molecule has 7 nitrogen and oxygen atoms in total. The van der Waals surface area contributed by atoms with Crippen molar-refractivity contribution in [2.24, 2.45) is 0 Å². The van der Waals surface area contributed by atoms with Gasteiger partial charge in [0.2, 0.25) is 0 Å². The number of alkyl halides is 3. The summed E-state index contributed by atoms with van der Waals surface area (Å²) in [5, 5.41) is 6.30. The molecule has 10 heteroatoms. The van der Waals surface area contributed by atoms with Gasteiger partial charge in [0, 0.05) is 5.69 Å². The third-order valence-electron chi connectivity index (χ3n) is 4.11. The van der Waals surface area contributed by atoms with Crippen LogP contribution in [0.15, 0.2) is 61.2 Å². The lowest BCUT2D eigenvalue weighted by Crippen LogP contribution is -2.30. The molecule has 0 fully saturated rings. The second-order valence-corrected chi connectivity index (χ2v) is 6.41. The van der Waals surface area contributed by atoms with E-state index in [1.54, 1.807) is 35.3 Å². The predicted molar refractivity (Wildman–Crippen MR) is 101 cm³/mol. The molecule has 1 unspecified atom stereocenters. The molecular weight excluding hydrogens is 401 g/mol. The topological polar surface area (TPSA) is 86.1 Å². The molecule has 0 saturated heterocycles. The first kappa shape index (κ1) is 21.0. The quantitative estimate of drug-likeness (QED) is 0.619. The van der Waals surface area contributed by atoms with Crippen molar-refractivity contribution in [2.75, 3.05) is 5.32 Å². The number of esters is 1. The van der Waals surface area contributed by atoms with Crippen LogP contribution >= 0.6 is 0 Å². The molecule has 30 heavy (non-hydrogen) atoms. The van der Waals surface area contributed by atoms with Crippen molar-refractivity contribution in [3.8, 4) is 0 Å². The van der Waals surface area contributed by atoms with Crippen molar-refractivity contribution in [1.29, 1.82) is 0 Å². The third kappa shape index (κ3) is 5.43. The number of benzene rings is 2. The summed E-state index contributed by atoms with van der Waals surface area (Å²) in [6.07, 6.45) is -2.76. The third-order valence-corrected chi connectivity index (χ3v) is 4.11. The predicted octanol–water partition coefficient (Wildman–Crippen LogP) is 3.53. The Morgan fingerprint density at radius 3 is 2.53 bits per heavy atom. The normalized spacial score (nSPS) is 12.3. The highest BCUT2D eigenvalue weighted by Gasteiger charge is 2.30. The van der Waals surface area contributed by atoms with E-state index in [1.165, 1.54) is 25.4 Å². The van der Waals surface area contributed by atoms with Gasteiger partial charge in [0.1, 0.15) is 12.7 Å². The van der Waals surface area contributed by atoms with E-state index >= 15 is 0 Å². The molecule has 156 valence electrons. The fourth-order valence-electron chi connectivity index (χ4n) is 2.55. The molecule has 1 amide bonds. The van der Waals surface area contributed by atoms with Crippen LogP contribution in [0.5, 0.6) is 0 Å². The lowest BCUT2D eigenvalue weighted by atomic mass is 10.1. The number of halogens is 3. The van der Waals surface area contributed by atoms with E-state index in [2.05, 4.69) is 15.4 Å². The fourth-order valence-corrected chi connectivity index (χ4v) is 2.55. The molecule has 3 rings (SSSR count). The lowest BCUT2D eigenvalue weighted by Gasteiger charge is -2.15. The Bertz CT molecular complexity index is 1020. The van der Waals surface area contributed by atoms with Crippen molar-refractivity contribution in [1.82, 2.24) is 14.8 Å². The second-order valence-electron chi connectivity index (χ2n) is 6.41. The van der Waals surface area contributed by atoms with E-state index in [0.29, 0.717) is 6.54 Å². The number of aromatic nitrogens is 3. The van der Waals surface area contributed by atoms with Crippen LogP contribution in [0.25, 0.3) is 0 Å². The molecule has 0 aliphatic carbocycles. The summed E-state index contributed by atoms with van der Waals surface area (Å²) >= 11 is 0. The van der Waals surface area contributed by atoms with Crippen molar-refractivity contribution >= 4 is 17.6 Å². The van der Waals surface area contributed by atoms with Gasteiger partial charge in [-0.05, 0) is 42.8 Å². The molecule has 1 atom stereocenters. The number of hydrogen-bond acceptors (Lipinski definition) is 5. The first-order valence-corrected chi connectivity index (χ1v) is 8.83. The largest absolute Gasteiger partial charge is 0.449 e. The van der Waals surface area contributed by atoms with E-state index in [0.717, 1.165) is 17.7 Å². The Balaban J connectivity index is 1.57. The smallest absolute Gasteiger partial charge is 0.416 e. The minimum atomic E-state index is -4.53. The second kappa shape index (κ2) is 8.76. The molecule has 1 aromatic heterocycles. The van der Waals surface area contributed by atoms with Crippen LogP contribution in [-0.2, 0) is 22.3 Å². The lowest BCUT2D eigenvalue weighted by molar-refractivity contribution is -0.137. The van der Waals surface area contributed by atoms with Crippen molar-refractivity contribution in [2.45, 2.75) is 25.7 Å². The SMILES string of the molecule is CC(OC(=O)c1ccc(Cn2cncn2)cc1)C(=O)Nc1cccc(C(F)(F)F)c1. The van der Waals surface area contributed by atoms with Crippen LogP contribution in [0, 0.1) is 0 Å². The minimum absolute atomic E-state index is 0.0461. The molecule has 0 radical (unpaired) electrons. The number of nitrogens with zero attached hydrogens (tertiary/aromatic N) is 3. The number of anilines is 1. The Labute approximate surface area is 169 Å². The molecule has 0 spiro atoms. The van der Waals surface area contributed by atoms with Crippen LogP contribution in [0.2, 0.25) is 0 Å². The zero-order valence-corrected chi connectivity index (χ0v) is 15.8. The van der Waals surface area contributed by atoms with E-state index in [1.807, 2.05) is 0 Å². The van der Waals surface area contributed by atoms with Gasteiger partial charge in [-0.15, -0.1) is 0 Å². The summed E-state index contributed by atoms with van der Waals surface area (Å²) in [5.41, 5.74) is 0.176. The average molecular weight is 418 g/mol. The summed E-state index contributed by atoms with van der Waals surface area (Å²) < 4.78 is 45.0. The highest BCUT2D eigenvalue weighted by Crippen LogP contribution is 2.30. The van der Waals surface area contributed by atoms with Gasteiger partial charge < -0.3 is 10.1 Å². The van der Waals surface area contributed by atoms with Gasteiger partial charge in [0.15, 0.2) is 6.10 Å².